The molecule has 0 aromatic heterocycles. The summed E-state index contributed by atoms with van der Waals surface area (Å²) in [6.07, 6.45) is 0. The number of nitrogens with zero attached hydrogens (tertiary/aromatic N) is 1. The lowest BCUT2D eigenvalue weighted by Gasteiger charge is -2.10. The molecule has 0 saturated carbocycles. The number of ether oxygens (including phenoxy) is 1. The van der Waals surface area contributed by atoms with Gasteiger partial charge in [0.2, 0.25) is 0 Å². The van der Waals surface area contributed by atoms with E-state index in [1.54, 1.807) is 0 Å². The van der Waals surface area contributed by atoms with Crippen molar-refractivity contribution in [2.45, 2.75) is 13.2 Å². The second-order valence-electron chi connectivity index (χ2n) is 4.56. The fraction of sp³-hybridized carbons (Fsp3) is 0.250. The molecule has 93 valence electrons. The summed E-state index contributed by atoms with van der Waals surface area (Å²) in [5.41, 5.74) is 2.35. The third kappa shape index (κ3) is 3.90. The Balaban J connectivity index is 1.90. The maximum absolute atomic E-state index is 5.71. The van der Waals surface area contributed by atoms with E-state index in [0.29, 0.717) is 6.61 Å². The first-order chi connectivity index (χ1) is 8.74. The molecule has 0 aliphatic carbocycles. The van der Waals surface area contributed by atoms with Crippen LogP contribution in [0.1, 0.15) is 11.1 Å². The smallest absolute Gasteiger partial charge is 0.120 e. The first-order valence-corrected chi connectivity index (χ1v) is 6.06. The molecule has 0 heterocycles. The Morgan fingerprint density at radius 2 is 1.83 bits per heavy atom. The van der Waals surface area contributed by atoms with E-state index in [4.69, 9.17) is 4.74 Å². The van der Waals surface area contributed by atoms with Crippen LogP contribution in [-0.4, -0.2) is 19.0 Å². The molecule has 2 heteroatoms. The molecule has 2 nitrogen and oxygen atoms in total. The summed E-state index contributed by atoms with van der Waals surface area (Å²) in [5, 5.41) is 0. The predicted octanol–water partition coefficient (Wildman–Crippen LogP) is 3.13. The van der Waals surface area contributed by atoms with Gasteiger partial charge >= 0.3 is 0 Å². The van der Waals surface area contributed by atoms with Crippen LogP contribution in [-0.2, 0) is 13.2 Å². The molecule has 0 aliphatic heterocycles. The second kappa shape index (κ2) is 6.22. The molecule has 2 aromatic rings. The molecular weight excluding hydrogens is 222 g/mol. The van der Waals surface area contributed by atoms with E-state index in [2.05, 4.69) is 29.2 Å². The average molecular weight is 240 g/mol. The topological polar surface area (TPSA) is 12.5 Å². The third-order valence-electron chi connectivity index (χ3n) is 2.58. The fourth-order valence-corrected chi connectivity index (χ4v) is 1.71. The van der Waals surface area contributed by atoms with Crippen molar-refractivity contribution >= 4 is 0 Å². The average Bonchev–Trinajstić information content (AvgIpc) is 2.38. The van der Waals surface area contributed by atoms with Gasteiger partial charge in [-0.05, 0) is 43.4 Å². The molecule has 0 spiro atoms. The summed E-state index contributed by atoms with van der Waals surface area (Å²) in [6, 6.07) is 19.4. The van der Waals surface area contributed by atoms with Crippen molar-refractivity contribution in [3.63, 3.8) is 0 Å². The molecule has 0 N–H and O–H groups in total. The van der Waals surface area contributed by atoms with Gasteiger partial charge < -0.3 is 9.64 Å². The lowest BCUT2D eigenvalue weighted by Crippen LogP contribution is -2.10. The predicted molar refractivity (Wildman–Crippen MR) is 73.4 cm³/mol. The number of rotatable bonds is 5. The summed E-state index contributed by atoms with van der Waals surface area (Å²) in [6.45, 7) is 1.50. The Kier molecular flexibility index (Phi) is 4.37. The normalized spacial score (nSPS) is 10.6. The van der Waals surface area contributed by atoms with E-state index in [9.17, 15) is 0 Å². The lowest BCUT2D eigenvalue weighted by molar-refractivity contribution is 0.306. The first-order valence-electron chi connectivity index (χ1n) is 6.06. The lowest BCUT2D eigenvalue weighted by atomic mass is 10.2. The van der Waals surface area contributed by atoms with Gasteiger partial charge in [0, 0.05) is 6.54 Å². The minimum atomic E-state index is 0.599. The van der Waals surface area contributed by atoms with Crippen molar-refractivity contribution in [1.29, 1.82) is 0 Å². The second-order valence-corrected chi connectivity index (χ2v) is 4.56. The number of hydrogen-bond donors (Lipinski definition) is 0. The quantitative estimate of drug-likeness (QED) is 0.796. The van der Waals surface area contributed by atoms with Crippen molar-refractivity contribution in [3.8, 4) is 5.75 Å². The Bertz CT molecular complexity index is 462. The molecule has 2 rings (SSSR count). The molecule has 0 unspecified atom stereocenters. The summed E-state index contributed by atoms with van der Waals surface area (Å²) in [7, 11) is 4.10. The molecule has 0 saturated heterocycles. The highest BCUT2D eigenvalue weighted by molar-refractivity contribution is 5.26. The zero-order chi connectivity index (χ0) is 12.8. The van der Waals surface area contributed by atoms with Gasteiger partial charge in [-0.2, -0.15) is 0 Å². The van der Waals surface area contributed by atoms with E-state index in [-0.39, 0.29) is 0 Å². The number of hydrogen-bond acceptors (Lipinski definition) is 2. The van der Waals surface area contributed by atoms with Crippen molar-refractivity contribution in [3.05, 3.63) is 65.7 Å². The molecule has 2 aromatic carbocycles. The zero-order valence-electron chi connectivity index (χ0n) is 10.9. The van der Waals surface area contributed by atoms with Crippen LogP contribution < -0.4 is 4.74 Å². The Labute approximate surface area is 109 Å². The SMILES string of the molecule is CN(C)Cc1[c]cc(OCc2ccccc2)cc1. The summed E-state index contributed by atoms with van der Waals surface area (Å²) < 4.78 is 5.71. The van der Waals surface area contributed by atoms with E-state index >= 15 is 0 Å². The van der Waals surface area contributed by atoms with E-state index in [1.807, 2.05) is 44.4 Å². The monoisotopic (exact) mass is 240 g/mol. The van der Waals surface area contributed by atoms with Gasteiger partial charge in [0.15, 0.2) is 0 Å². The van der Waals surface area contributed by atoms with E-state index in [0.717, 1.165) is 12.3 Å². The van der Waals surface area contributed by atoms with Crippen LogP contribution in [0.25, 0.3) is 0 Å². The van der Waals surface area contributed by atoms with Crippen molar-refractivity contribution in [2.24, 2.45) is 0 Å². The van der Waals surface area contributed by atoms with Crippen LogP contribution in [0.4, 0.5) is 0 Å². The number of benzene rings is 2. The first kappa shape index (κ1) is 12.7. The zero-order valence-corrected chi connectivity index (χ0v) is 10.9. The van der Waals surface area contributed by atoms with Gasteiger partial charge in [0.1, 0.15) is 12.4 Å². The minimum Gasteiger partial charge on any atom is -0.489 e. The summed E-state index contributed by atoms with van der Waals surface area (Å²) >= 11 is 0. The highest BCUT2D eigenvalue weighted by atomic mass is 16.5. The molecule has 18 heavy (non-hydrogen) atoms. The molecular formula is C16H18NO. The Morgan fingerprint density at radius 3 is 2.44 bits per heavy atom. The van der Waals surface area contributed by atoms with Gasteiger partial charge in [-0.25, -0.2) is 0 Å². The van der Waals surface area contributed by atoms with Gasteiger partial charge in [-0.15, -0.1) is 0 Å². The maximum atomic E-state index is 5.71. The van der Waals surface area contributed by atoms with Crippen LogP contribution in [0.2, 0.25) is 0 Å². The highest BCUT2D eigenvalue weighted by Crippen LogP contribution is 2.14. The molecule has 0 atom stereocenters. The largest absolute Gasteiger partial charge is 0.489 e. The van der Waals surface area contributed by atoms with E-state index < -0.39 is 0 Å². The Hall–Kier alpha value is -1.80. The summed E-state index contributed by atoms with van der Waals surface area (Å²) in [4.78, 5) is 2.12. The maximum Gasteiger partial charge on any atom is 0.120 e. The summed E-state index contributed by atoms with van der Waals surface area (Å²) in [5.74, 6) is 0.862. The van der Waals surface area contributed by atoms with Crippen LogP contribution in [0.3, 0.4) is 0 Å². The third-order valence-corrected chi connectivity index (χ3v) is 2.58. The standard InChI is InChI=1S/C16H18NO/c1-17(2)12-14-8-10-16(11-9-14)18-13-15-6-4-3-5-7-15/h3-8,10-11H,12-13H2,1-2H3. The molecule has 0 amide bonds. The van der Waals surface area contributed by atoms with Crippen molar-refractivity contribution in [1.82, 2.24) is 4.90 Å². The van der Waals surface area contributed by atoms with E-state index in [1.165, 1.54) is 11.1 Å². The van der Waals surface area contributed by atoms with Crippen LogP contribution in [0.15, 0.2) is 48.5 Å². The molecule has 0 bridgehead atoms. The van der Waals surface area contributed by atoms with Gasteiger partial charge in [0.05, 0.1) is 0 Å². The van der Waals surface area contributed by atoms with Gasteiger partial charge in [-0.3, -0.25) is 0 Å². The van der Waals surface area contributed by atoms with Crippen LogP contribution >= 0.6 is 0 Å². The molecule has 0 aliphatic rings. The highest BCUT2D eigenvalue weighted by Gasteiger charge is 1.98. The van der Waals surface area contributed by atoms with Gasteiger partial charge in [0.25, 0.3) is 0 Å². The van der Waals surface area contributed by atoms with Crippen molar-refractivity contribution in [2.75, 3.05) is 14.1 Å². The molecule has 1 radical (unpaired) electrons. The van der Waals surface area contributed by atoms with Crippen LogP contribution in [0.5, 0.6) is 5.75 Å². The van der Waals surface area contributed by atoms with Crippen LogP contribution in [0, 0.1) is 6.07 Å². The van der Waals surface area contributed by atoms with Gasteiger partial charge in [-0.1, -0.05) is 36.4 Å². The van der Waals surface area contributed by atoms with Crippen molar-refractivity contribution < 1.29 is 4.74 Å². The Morgan fingerprint density at radius 1 is 1.06 bits per heavy atom. The molecule has 0 fully saturated rings. The minimum absolute atomic E-state index is 0.599. The fourth-order valence-electron chi connectivity index (χ4n) is 1.71.